The van der Waals surface area contributed by atoms with E-state index in [0.717, 1.165) is 22.3 Å². The predicted molar refractivity (Wildman–Crippen MR) is 125 cm³/mol. The van der Waals surface area contributed by atoms with Crippen LogP contribution in [0.15, 0.2) is 36.4 Å². The Kier molecular flexibility index (Phi) is 8.16. The molecule has 1 aliphatic carbocycles. The average molecular weight is 453 g/mol. The van der Waals surface area contributed by atoms with Gasteiger partial charge in [-0.15, -0.1) is 0 Å². The van der Waals surface area contributed by atoms with Gasteiger partial charge in [-0.3, -0.25) is 14.4 Å². The molecule has 0 aromatic heterocycles. The lowest BCUT2D eigenvalue weighted by Gasteiger charge is -2.31. The molecule has 0 amide bonds. The molecule has 33 heavy (non-hydrogen) atoms. The van der Waals surface area contributed by atoms with Gasteiger partial charge in [0.25, 0.3) is 0 Å². The minimum atomic E-state index is -0.752. The normalized spacial score (nSPS) is 17.3. The van der Waals surface area contributed by atoms with Crippen LogP contribution in [0.2, 0.25) is 0 Å². The number of fused-ring (bicyclic) bond motifs is 1. The number of rotatable bonds is 10. The lowest BCUT2D eigenvalue weighted by Crippen LogP contribution is -2.32. The van der Waals surface area contributed by atoms with Crippen molar-refractivity contribution in [3.63, 3.8) is 0 Å². The molecule has 0 saturated heterocycles. The molecule has 1 aliphatic rings. The van der Waals surface area contributed by atoms with E-state index < -0.39 is 12.5 Å². The van der Waals surface area contributed by atoms with Gasteiger partial charge >= 0.3 is 0 Å². The second kappa shape index (κ2) is 10.9. The first-order valence-corrected chi connectivity index (χ1v) is 11.4. The first kappa shape index (κ1) is 24.8. The standard InChI is InChI=1S/C27H32O6/c1-16-4-3-5-19(10-16)21-6-7-24(31)27-22(21)13-18(14-26(27)33)12-20(8-9-28)23(15-29)25(32)11-17(2)30/h3-7,10,18,20,23,28-29,31H,8-9,11-15H2,1-2H3. The van der Waals surface area contributed by atoms with Crippen molar-refractivity contribution in [1.29, 1.82) is 0 Å². The first-order chi connectivity index (χ1) is 15.7. The molecule has 176 valence electrons. The second-order valence-electron chi connectivity index (χ2n) is 9.19. The number of benzene rings is 2. The highest BCUT2D eigenvalue weighted by Crippen LogP contribution is 2.41. The summed E-state index contributed by atoms with van der Waals surface area (Å²) in [5.41, 5.74) is 4.10. The fraction of sp³-hybridized carbons (Fsp3) is 0.444. The number of aryl methyl sites for hydroxylation is 1. The molecule has 0 heterocycles. The number of aromatic hydroxyl groups is 1. The van der Waals surface area contributed by atoms with Gasteiger partial charge in [0, 0.05) is 18.9 Å². The molecule has 0 saturated carbocycles. The summed E-state index contributed by atoms with van der Waals surface area (Å²) in [5.74, 6) is -1.96. The summed E-state index contributed by atoms with van der Waals surface area (Å²) in [6.07, 6.45) is 1.28. The smallest absolute Gasteiger partial charge is 0.167 e. The molecular weight excluding hydrogens is 420 g/mol. The van der Waals surface area contributed by atoms with E-state index in [1.165, 1.54) is 6.92 Å². The van der Waals surface area contributed by atoms with E-state index in [1.807, 2.05) is 37.3 Å². The van der Waals surface area contributed by atoms with E-state index in [1.54, 1.807) is 6.07 Å². The van der Waals surface area contributed by atoms with Crippen LogP contribution in [0.5, 0.6) is 5.75 Å². The Morgan fingerprint density at radius 1 is 1.12 bits per heavy atom. The van der Waals surface area contributed by atoms with Crippen molar-refractivity contribution >= 4 is 17.3 Å². The molecular formula is C27H32O6. The zero-order valence-electron chi connectivity index (χ0n) is 19.2. The highest BCUT2D eigenvalue weighted by Gasteiger charge is 2.35. The van der Waals surface area contributed by atoms with E-state index in [9.17, 15) is 29.7 Å². The third kappa shape index (κ3) is 5.75. The van der Waals surface area contributed by atoms with Gasteiger partial charge in [0.05, 0.1) is 18.6 Å². The van der Waals surface area contributed by atoms with Crippen LogP contribution >= 0.6 is 0 Å². The summed E-state index contributed by atoms with van der Waals surface area (Å²) in [6.45, 7) is 2.78. The molecule has 0 aliphatic heterocycles. The lowest BCUT2D eigenvalue weighted by atomic mass is 9.72. The Morgan fingerprint density at radius 3 is 2.52 bits per heavy atom. The first-order valence-electron chi connectivity index (χ1n) is 11.4. The number of aliphatic hydroxyl groups is 2. The van der Waals surface area contributed by atoms with E-state index >= 15 is 0 Å². The van der Waals surface area contributed by atoms with Crippen LogP contribution in [0.1, 0.15) is 54.1 Å². The quantitative estimate of drug-likeness (QED) is 0.475. The maximum Gasteiger partial charge on any atom is 0.167 e. The van der Waals surface area contributed by atoms with Gasteiger partial charge in [-0.2, -0.15) is 0 Å². The van der Waals surface area contributed by atoms with Gasteiger partial charge in [-0.05, 0) is 67.7 Å². The number of carbonyl (C=O) groups excluding carboxylic acids is 3. The van der Waals surface area contributed by atoms with E-state index in [4.69, 9.17) is 0 Å². The third-order valence-corrected chi connectivity index (χ3v) is 6.60. The zero-order chi connectivity index (χ0) is 24.1. The van der Waals surface area contributed by atoms with Gasteiger partial charge in [-0.1, -0.05) is 35.9 Å². The topological polar surface area (TPSA) is 112 Å². The van der Waals surface area contributed by atoms with Crippen LogP contribution in [-0.2, 0) is 16.0 Å². The maximum absolute atomic E-state index is 13.1. The molecule has 3 N–H and O–H groups in total. The van der Waals surface area contributed by atoms with Gasteiger partial charge in [0.15, 0.2) is 5.78 Å². The summed E-state index contributed by atoms with van der Waals surface area (Å²) in [6, 6.07) is 11.4. The second-order valence-corrected chi connectivity index (χ2v) is 9.19. The van der Waals surface area contributed by atoms with Crippen LogP contribution < -0.4 is 0 Å². The molecule has 0 spiro atoms. The molecule has 6 heteroatoms. The number of Topliss-reactive ketones (excluding diaryl/α,β-unsaturated/α-hetero) is 3. The monoisotopic (exact) mass is 452 g/mol. The van der Waals surface area contributed by atoms with Crippen LogP contribution in [-0.4, -0.2) is 45.9 Å². The fourth-order valence-electron chi connectivity index (χ4n) is 5.10. The van der Waals surface area contributed by atoms with Crippen molar-refractivity contribution in [2.45, 2.75) is 46.0 Å². The largest absolute Gasteiger partial charge is 0.507 e. The zero-order valence-corrected chi connectivity index (χ0v) is 19.2. The highest BCUT2D eigenvalue weighted by atomic mass is 16.3. The summed E-state index contributed by atoms with van der Waals surface area (Å²) < 4.78 is 0. The van der Waals surface area contributed by atoms with Crippen LogP contribution in [0, 0.1) is 24.7 Å². The number of phenols is 1. The molecule has 0 bridgehead atoms. The molecule has 3 rings (SSSR count). The van der Waals surface area contributed by atoms with Crippen molar-refractivity contribution in [2.75, 3.05) is 13.2 Å². The minimum Gasteiger partial charge on any atom is -0.507 e. The number of hydrogen-bond acceptors (Lipinski definition) is 6. The van der Waals surface area contributed by atoms with Crippen molar-refractivity contribution in [1.82, 2.24) is 0 Å². The number of hydrogen-bond donors (Lipinski definition) is 3. The van der Waals surface area contributed by atoms with Gasteiger partial charge in [-0.25, -0.2) is 0 Å². The Balaban J connectivity index is 1.92. The maximum atomic E-state index is 13.1. The van der Waals surface area contributed by atoms with Crippen molar-refractivity contribution in [3.05, 3.63) is 53.1 Å². The summed E-state index contributed by atoms with van der Waals surface area (Å²) >= 11 is 0. The van der Waals surface area contributed by atoms with Crippen molar-refractivity contribution in [2.24, 2.45) is 17.8 Å². The summed E-state index contributed by atoms with van der Waals surface area (Å²) in [5, 5.41) is 29.9. The minimum absolute atomic E-state index is 0.0263. The average Bonchev–Trinajstić information content (AvgIpc) is 2.73. The van der Waals surface area contributed by atoms with E-state index in [0.29, 0.717) is 24.8 Å². The van der Waals surface area contributed by atoms with Crippen molar-refractivity contribution < 1.29 is 29.7 Å². The fourth-order valence-corrected chi connectivity index (χ4v) is 5.10. The van der Waals surface area contributed by atoms with Crippen molar-refractivity contribution in [3.8, 4) is 16.9 Å². The molecule has 3 atom stereocenters. The Labute approximate surface area is 194 Å². The Morgan fingerprint density at radius 2 is 1.88 bits per heavy atom. The Bertz CT molecular complexity index is 1040. The molecule has 0 fully saturated rings. The molecule has 2 aromatic carbocycles. The van der Waals surface area contributed by atoms with E-state index in [-0.39, 0.29) is 54.4 Å². The van der Waals surface area contributed by atoms with Gasteiger partial charge in [0.2, 0.25) is 0 Å². The number of carbonyl (C=O) groups is 3. The van der Waals surface area contributed by atoms with Gasteiger partial charge in [0.1, 0.15) is 17.3 Å². The number of aliphatic hydroxyl groups excluding tert-OH is 2. The molecule has 6 nitrogen and oxygen atoms in total. The predicted octanol–water partition coefficient (Wildman–Crippen LogP) is 3.66. The molecule has 0 radical (unpaired) electrons. The Hall–Kier alpha value is -2.83. The molecule has 3 unspecified atom stereocenters. The summed E-state index contributed by atoms with van der Waals surface area (Å²) in [7, 11) is 0. The van der Waals surface area contributed by atoms with E-state index in [2.05, 4.69) is 0 Å². The number of phenolic OH excluding ortho intramolecular Hbond substituents is 1. The lowest BCUT2D eigenvalue weighted by molar-refractivity contribution is -0.131. The third-order valence-electron chi connectivity index (χ3n) is 6.60. The van der Waals surface area contributed by atoms with Gasteiger partial charge < -0.3 is 15.3 Å². The SMILES string of the molecule is CC(=O)CC(=O)C(CO)C(CCO)CC1CC(=O)c2c(O)ccc(-c3cccc(C)c3)c2C1. The highest BCUT2D eigenvalue weighted by molar-refractivity contribution is 6.03. The molecule has 2 aromatic rings. The summed E-state index contributed by atoms with van der Waals surface area (Å²) in [4.78, 5) is 37.0. The van der Waals surface area contributed by atoms with Crippen LogP contribution in [0.25, 0.3) is 11.1 Å². The van der Waals surface area contributed by atoms with Crippen LogP contribution in [0.4, 0.5) is 0 Å². The van der Waals surface area contributed by atoms with Crippen LogP contribution in [0.3, 0.4) is 0 Å². The number of ketones is 3.